The predicted molar refractivity (Wildman–Crippen MR) is 118 cm³/mol. The molecule has 0 bridgehead atoms. The molecule has 0 aromatic carbocycles. The number of thioether (sulfide) groups is 1. The average molecular weight is 508 g/mol. The van der Waals surface area contributed by atoms with Crippen LogP contribution in [0.3, 0.4) is 0 Å². The summed E-state index contributed by atoms with van der Waals surface area (Å²) in [6, 6.07) is 0. The average Bonchev–Trinajstić information content (AvgIpc) is 2.84. The number of unbranched alkanes of at least 4 members (excludes halogenated alkanes) is 3. The van der Waals surface area contributed by atoms with E-state index in [9.17, 15) is 30.6 Å². The van der Waals surface area contributed by atoms with Gasteiger partial charge in [-0.15, -0.1) is 11.8 Å². The predicted octanol–water partition coefficient (Wildman–Crippen LogP) is -0.513. The lowest BCUT2D eigenvalue weighted by Crippen LogP contribution is -2.62. The Morgan fingerprint density at radius 1 is 1.21 bits per heavy atom. The van der Waals surface area contributed by atoms with Gasteiger partial charge >= 0.3 is 0 Å². The topological polar surface area (TPSA) is 207 Å². The van der Waals surface area contributed by atoms with Crippen LogP contribution in [-0.4, -0.2) is 111 Å². The summed E-state index contributed by atoms with van der Waals surface area (Å²) in [7, 11) is 0. The van der Waals surface area contributed by atoms with Crippen molar-refractivity contribution >= 4 is 11.8 Å². The molecule has 6 N–H and O–H groups in total. The van der Waals surface area contributed by atoms with Crippen LogP contribution in [0.25, 0.3) is 10.4 Å². The Hall–Kier alpha value is -1.16. The van der Waals surface area contributed by atoms with Crippen LogP contribution in [0.2, 0.25) is 0 Å². The van der Waals surface area contributed by atoms with Gasteiger partial charge in [-0.1, -0.05) is 18.0 Å². The summed E-state index contributed by atoms with van der Waals surface area (Å²) in [4.78, 5) is 3.19. The molecule has 1 saturated heterocycles. The fraction of sp³-hybridized carbons (Fsp3) is 0.900. The highest BCUT2D eigenvalue weighted by Gasteiger charge is 2.54. The Morgan fingerprint density at radius 3 is 2.68 bits per heavy atom. The highest BCUT2D eigenvalue weighted by molar-refractivity contribution is 8.03. The van der Waals surface area contributed by atoms with Gasteiger partial charge in [0.05, 0.1) is 36.6 Å². The lowest BCUT2D eigenvalue weighted by atomic mass is 9.93. The van der Waals surface area contributed by atoms with E-state index in [2.05, 4.69) is 10.0 Å². The summed E-state index contributed by atoms with van der Waals surface area (Å²) in [6.45, 7) is -0.368. The maximum Gasteiger partial charge on any atom is 0.222 e. The first-order chi connectivity index (χ1) is 16.4. The van der Waals surface area contributed by atoms with Gasteiger partial charge in [-0.2, -0.15) is 0 Å². The summed E-state index contributed by atoms with van der Waals surface area (Å²) in [5.74, 6) is -1.25. The van der Waals surface area contributed by atoms with Gasteiger partial charge in [-0.3, -0.25) is 0 Å². The molecule has 14 heteroatoms. The van der Waals surface area contributed by atoms with Gasteiger partial charge in [0.15, 0.2) is 6.29 Å². The van der Waals surface area contributed by atoms with Crippen molar-refractivity contribution in [3.8, 4) is 0 Å². The molecule has 3 heterocycles. The van der Waals surface area contributed by atoms with Crippen molar-refractivity contribution in [2.24, 2.45) is 5.11 Å². The van der Waals surface area contributed by atoms with Crippen LogP contribution in [0.5, 0.6) is 0 Å². The normalized spacial score (nSPS) is 36.5. The second-order valence-corrected chi connectivity index (χ2v) is 9.51. The molecule has 0 radical (unpaired) electrons. The number of rotatable bonds is 11. The van der Waals surface area contributed by atoms with Gasteiger partial charge in [0, 0.05) is 17.9 Å². The smallest absolute Gasteiger partial charge is 0.222 e. The fourth-order valence-electron chi connectivity index (χ4n) is 4.12. The van der Waals surface area contributed by atoms with E-state index in [-0.39, 0.29) is 17.9 Å². The first kappa shape index (κ1) is 27.4. The van der Waals surface area contributed by atoms with Gasteiger partial charge in [0.2, 0.25) is 5.79 Å². The number of hydrogen-bond acceptors (Lipinski definition) is 12. The van der Waals surface area contributed by atoms with E-state index < -0.39 is 61.9 Å². The fourth-order valence-corrected chi connectivity index (χ4v) is 5.30. The Labute approximate surface area is 200 Å². The summed E-state index contributed by atoms with van der Waals surface area (Å²) in [5.41, 5.74) is 8.28. The van der Waals surface area contributed by atoms with Gasteiger partial charge in [-0.25, -0.2) is 0 Å². The summed E-state index contributed by atoms with van der Waals surface area (Å²) >= 11 is 1.23. The first-order valence-electron chi connectivity index (χ1n) is 11.3. The Kier molecular flexibility index (Phi) is 10.2. The van der Waals surface area contributed by atoms with Crippen LogP contribution < -0.4 is 0 Å². The van der Waals surface area contributed by atoms with Crippen molar-refractivity contribution in [3.05, 3.63) is 21.1 Å². The van der Waals surface area contributed by atoms with Crippen LogP contribution in [0.1, 0.15) is 32.1 Å². The minimum absolute atomic E-state index is 0.0849. The number of nitrogens with zero attached hydrogens (tertiary/aromatic N) is 3. The molecule has 1 spiro atoms. The second-order valence-electron chi connectivity index (χ2n) is 8.50. The molecular formula is C20H33N3O10S. The third-order valence-electron chi connectivity index (χ3n) is 5.95. The van der Waals surface area contributed by atoms with Gasteiger partial charge in [0.25, 0.3) is 0 Å². The highest BCUT2D eigenvalue weighted by atomic mass is 32.2. The summed E-state index contributed by atoms with van der Waals surface area (Å²) in [5, 5.41) is 63.8. The third kappa shape index (κ3) is 6.33. The maximum absolute atomic E-state index is 10.7. The zero-order valence-corrected chi connectivity index (χ0v) is 19.5. The molecular weight excluding hydrogens is 474 g/mol. The third-order valence-corrected chi connectivity index (χ3v) is 7.24. The van der Waals surface area contributed by atoms with Crippen molar-refractivity contribution < 1.29 is 49.6 Å². The number of aliphatic hydroxyl groups excluding tert-OH is 6. The lowest BCUT2D eigenvalue weighted by molar-refractivity contribution is -0.320. The minimum atomic E-state index is -1.47. The van der Waals surface area contributed by atoms with Crippen LogP contribution in [0.4, 0.5) is 0 Å². The van der Waals surface area contributed by atoms with Crippen molar-refractivity contribution in [1.82, 2.24) is 0 Å². The Balaban J connectivity index is 1.67. The second kappa shape index (κ2) is 12.7. The molecule has 34 heavy (non-hydrogen) atoms. The van der Waals surface area contributed by atoms with Crippen LogP contribution >= 0.6 is 11.8 Å². The number of hydrogen-bond donors (Lipinski definition) is 6. The molecule has 1 fully saturated rings. The van der Waals surface area contributed by atoms with E-state index in [0.717, 1.165) is 25.7 Å². The Bertz CT molecular complexity index is 754. The van der Waals surface area contributed by atoms with Crippen molar-refractivity contribution in [1.29, 1.82) is 0 Å². The van der Waals surface area contributed by atoms with Crippen molar-refractivity contribution in [2.45, 2.75) is 80.8 Å². The van der Waals surface area contributed by atoms with Crippen molar-refractivity contribution in [2.75, 3.05) is 32.1 Å². The molecule has 0 aromatic rings. The van der Waals surface area contributed by atoms with Gasteiger partial charge in [0.1, 0.15) is 36.3 Å². The van der Waals surface area contributed by atoms with E-state index in [1.165, 1.54) is 11.8 Å². The summed E-state index contributed by atoms with van der Waals surface area (Å²) in [6.07, 6.45) is -5.54. The largest absolute Gasteiger partial charge is 0.462 e. The van der Waals surface area contributed by atoms with Gasteiger partial charge < -0.3 is 49.6 Å². The SMILES string of the molecule is [N-]=[N+]=NCCCCCCOC1OC(CO)C(O)C2=C1SC[C@]1(CC(O)C(O)[C@H]([C@H](O)CO)O1)O2. The quantitative estimate of drug-likeness (QED) is 0.0908. The zero-order chi connectivity index (χ0) is 24.7. The molecule has 3 aliphatic heterocycles. The molecule has 5 unspecified atom stereocenters. The number of ether oxygens (including phenoxy) is 4. The van der Waals surface area contributed by atoms with E-state index >= 15 is 0 Å². The van der Waals surface area contributed by atoms with Crippen molar-refractivity contribution in [3.63, 3.8) is 0 Å². The molecule has 3 aliphatic rings. The molecule has 0 aromatic heterocycles. The molecule has 8 atom stereocenters. The first-order valence-corrected chi connectivity index (χ1v) is 12.3. The zero-order valence-electron chi connectivity index (χ0n) is 18.7. The molecule has 0 amide bonds. The van der Waals surface area contributed by atoms with E-state index in [1.54, 1.807) is 0 Å². The Morgan fingerprint density at radius 2 is 1.97 bits per heavy atom. The van der Waals surface area contributed by atoms with Crippen LogP contribution in [-0.2, 0) is 18.9 Å². The van der Waals surface area contributed by atoms with Gasteiger partial charge in [-0.05, 0) is 18.4 Å². The maximum atomic E-state index is 10.7. The van der Waals surface area contributed by atoms with E-state index in [0.29, 0.717) is 18.1 Å². The van der Waals surface area contributed by atoms with Crippen LogP contribution in [0.15, 0.2) is 15.8 Å². The van der Waals surface area contributed by atoms with Crippen LogP contribution in [0, 0.1) is 0 Å². The van der Waals surface area contributed by atoms with E-state index in [4.69, 9.17) is 24.5 Å². The van der Waals surface area contributed by atoms with E-state index in [1.807, 2.05) is 0 Å². The number of azide groups is 1. The molecule has 194 valence electrons. The standard InChI is InChI=1S/C20H33N3O10S/c21-23-22-5-3-1-2-4-6-30-19-18-17(15(29)13(9-25)31-19)33-20(10-34-18)7-11(26)14(28)16(32-20)12(27)8-24/h11-16,19,24-29H,1-10H2/t11?,12-,13?,14?,15?,16+,19?,20+/m1/s1. The molecule has 13 nitrogen and oxygen atoms in total. The summed E-state index contributed by atoms with van der Waals surface area (Å²) < 4.78 is 23.4. The molecule has 0 saturated carbocycles. The molecule has 0 aliphatic carbocycles. The molecule has 3 rings (SSSR count). The minimum Gasteiger partial charge on any atom is -0.462 e. The lowest BCUT2D eigenvalue weighted by Gasteiger charge is -2.50. The highest BCUT2D eigenvalue weighted by Crippen LogP contribution is 2.47. The monoisotopic (exact) mass is 507 g/mol. The number of aliphatic hydroxyl groups is 6.